The van der Waals surface area contributed by atoms with E-state index in [1.165, 1.54) is 6.07 Å². The van der Waals surface area contributed by atoms with Crippen molar-refractivity contribution in [2.45, 2.75) is 68.9 Å². The summed E-state index contributed by atoms with van der Waals surface area (Å²) in [5.74, 6) is -1.65. The van der Waals surface area contributed by atoms with Crippen LogP contribution in [0.25, 0.3) is 32.8 Å². The molecule has 9 nitrogen and oxygen atoms in total. The van der Waals surface area contributed by atoms with Crippen LogP contribution in [-0.2, 0) is 6.42 Å². The van der Waals surface area contributed by atoms with Crippen LogP contribution < -0.4 is 19.7 Å². The van der Waals surface area contributed by atoms with Crippen LogP contribution in [0.3, 0.4) is 0 Å². The van der Waals surface area contributed by atoms with Crippen LogP contribution >= 0.6 is 0 Å². The highest BCUT2D eigenvalue weighted by molar-refractivity contribution is 6.05. The average Bonchev–Trinajstić information content (AvgIpc) is 3.68. The predicted octanol–water partition coefficient (Wildman–Crippen LogP) is 4.87. The van der Waals surface area contributed by atoms with E-state index in [0.717, 1.165) is 18.4 Å². The van der Waals surface area contributed by atoms with Crippen molar-refractivity contribution in [3.8, 4) is 28.6 Å². The van der Waals surface area contributed by atoms with Crippen LogP contribution in [-0.4, -0.2) is 94.4 Å². The first-order valence-electron chi connectivity index (χ1n) is 17.0. The molecule has 252 valence electrons. The van der Waals surface area contributed by atoms with Gasteiger partial charge in [0, 0.05) is 44.7 Å². The average molecular weight is 662 g/mol. The van der Waals surface area contributed by atoms with Gasteiger partial charge in [-0.1, -0.05) is 25.1 Å². The van der Waals surface area contributed by atoms with Gasteiger partial charge in [0.15, 0.2) is 17.4 Å². The molecule has 6 heterocycles. The summed E-state index contributed by atoms with van der Waals surface area (Å²) in [6.07, 6.45) is 2.33. The zero-order valence-electron chi connectivity index (χ0n) is 26.7. The molecule has 0 amide bonds. The third-order valence-corrected chi connectivity index (χ3v) is 11.4. The van der Waals surface area contributed by atoms with Gasteiger partial charge >= 0.3 is 6.01 Å². The molecule has 2 bridgehead atoms. The Labute approximate surface area is 275 Å². The van der Waals surface area contributed by atoms with Crippen LogP contribution in [0.2, 0.25) is 0 Å². The molecule has 4 saturated heterocycles. The number of ether oxygens (including phenoxy) is 2. The molecule has 12 heteroatoms. The number of rotatable bonds is 6. The minimum Gasteiger partial charge on any atom is -0.508 e. The molecule has 3 N–H and O–H groups in total. The molecular weight excluding hydrogens is 623 g/mol. The summed E-state index contributed by atoms with van der Waals surface area (Å²) in [6, 6.07) is 8.59. The third kappa shape index (κ3) is 4.48. The Hall–Kier alpha value is -3.87. The Morgan fingerprint density at radius 3 is 2.79 bits per heavy atom. The first-order valence-corrected chi connectivity index (χ1v) is 17.0. The highest BCUT2D eigenvalue weighted by atomic mass is 19.1. The fraction of sp³-hybridized carbons (Fsp3) is 0.500. The number of aliphatic hydroxyl groups excluding tert-OH is 1. The van der Waals surface area contributed by atoms with Crippen molar-refractivity contribution in [2.24, 2.45) is 5.92 Å². The summed E-state index contributed by atoms with van der Waals surface area (Å²) >= 11 is 0. The van der Waals surface area contributed by atoms with Crippen LogP contribution in [0.4, 0.5) is 19.0 Å². The summed E-state index contributed by atoms with van der Waals surface area (Å²) in [5.41, 5.74) is -0.0172. The number of benzene rings is 3. The van der Waals surface area contributed by atoms with Gasteiger partial charge in [0.2, 0.25) is 0 Å². The summed E-state index contributed by atoms with van der Waals surface area (Å²) < 4.78 is 61.5. The number of anilines is 1. The molecule has 0 aliphatic carbocycles. The van der Waals surface area contributed by atoms with Crippen molar-refractivity contribution in [3.63, 3.8) is 0 Å². The van der Waals surface area contributed by atoms with E-state index < -0.39 is 23.3 Å². The van der Waals surface area contributed by atoms with Crippen molar-refractivity contribution in [3.05, 3.63) is 47.5 Å². The Bertz CT molecular complexity index is 1960. The van der Waals surface area contributed by atoms with E-state index in [4.69, 9.17) is 14.5 Å². The monoisotopic (exact) mass is 661 g/mol. The molecule has 5 aliphatic heterocycles. The molecule has 1 aromatic heterocycles. The number of alkyl halides is 1. The number of nitrogens with zero attached hydrogens (tertiary/aromatic N) is 4. The first-order chi connectivity index (χ1) is 23.3. The first kappa shape index (κ1) is 30.2. The number of phenolic OH excluding ortho intramolecular Hbond substituents is 1. The van der Waals surface area contributed by atoms with E-state index in [9.17, 15) is 14.6 Å². The molecule has 4 fully saturated rings. The van der Waals surface area contributed by atoms with Crippen molar-refractivity contribution < 1.29 is 32.9 Å². The van der Waals surface area contributed by atoms with E-state index in [2.05, 4.69) is 15.2 Å². The molecule has 5 aliphatic rings. The third-order valence-electron chi connectivity index (χ3n) is 11.4. The van der Waals surface area contributed by atoms with E-state index in [-0.39, 0.29) is 96.4 Å². The quantitative estimate of drug-likeness (QED) is 0.267. The largest absolute Gasteiger partial charge is 0.508 e. The Morgan fingerprint density at radius 2 is 1.96 bits per heavy atom. The minimum absolute atomic E-state index is 0.00431. The minimum atomic E-state index is -1.01. The maximum atomic E-state index is 17.2. The van der Waals surface area contributed by atoms with Crippen molar-refractivity contribution >= 4 is 27.5 Å². The lowest BCUT2D eigenvalue weighted by Crippen LogP contribution is -2.60. The second kappa shape index (κ2) is 11.1. The predicted molar refractivity (Wildman–Crippen MR) is 175 cm³/mol. The van der Waals surface area contributed by atoms with Crippen LogP contribution in [0.15, 0.2) is 30.3 Å². The fourth-order valence-electron chi connectivity index (χ4n) is 9.33. The van der Waals surface area contributed by atoms with Gasteiger partial charge in [0.25, 0.3) is 0 Å². The SMILES string of the molecule is CCc1cccc2cc(O)cc(-c3c(F)c4c5c(nc(OC[C@]67C[C@@H](F)CN6C[C@@H](CO)C7)nc5c3F)N3CC5CCC(N5)[C@H]3CO4)c12. The van der Waals surface area contributed by atoms with Crippen molar-refractivity contribution in [1.82, 2.24) is 20.2 Å². The lowest BCUT2D eigenvalue weighted by molar-refractivity contribution is 0.107. The van der Waals surface area contributed by atoms with Gasteiger partial charge in [-0.25, -0.2) is 13.2 Å². The van der Waals surface area contributed by atoms with Crippen LogP contribution in [0.5, 0.6) is 17.5 Å². The van der Waals surface area contributed by atoms with E-state index in [0.29, 0.717) is 42.5 Å². The lowest BCUT2D eigenvalue weighted by Gasteiger charge is -2.40. The van der Waals surface area contributed by atoms with Gasteiger partial charge in [-0.15, -0.1) is 0 Å². The Kier molecular flexibility index (Phi) is 6.97. The van der Waals surface area contributed by atoms with Gasteiger partial charge in [-0.3, -0.25) is 4.90 Å². The van der Waals surface area contributed by atoms with E-state index >= 15 is 8.78 Å². The molecule has 0 spiro atoms. The zero-order valence-corrected chi connectivity index (χ0v) is 26.7. The number of nitrogens with one attached hydrogen (secondary N) is 1. The Morgan fingerprint density at radius 1 is 1.08 bits per heavy atom. The normalized spacial score (nSPS) is 29.3. The molecular formula is C36H38F3N5O4. The fourth-order valence-corrected chi connectivity index (χ4v) is 9.33. The number of aliphatic hydroxyl groups is 1. The number of halogens is 3. The highest BCUT2D eigenvalue weighted by Crippen LogP contribution is 2.49. The van der Waals surface area contributed by atoms with Gasteiger partial charge in [0.05, 0.1) is 22.5 Å². The summed E-state index contributed by atoms with van der Waals surface area (Å²) in [6.45, 7) is 3.63. The number of aromatic nitrogens is 2. The van der Waals surface area contributed by atoms with E-state index in [1.807, 2.05) is 30.0 Å². The molecule has 3 aromatic carbocycles. The molecule has 48 heavy (non-hydrogen) atoms. The second-order valence-corrected chi connectivity index (χ2v) is 14.3. The topological polar surface area (TPSA) is 103 Å². The number of fused-ring (bicyclic) bond motifs is 7. The summed E-state index contributed by atoms with van der Waals surface area (Å²) in [5, 5.41) is 25.7. The van der Waals surface area contributed by atoms with Gasteiger partial charge in [0.1, 0.15) is 36.5 Å². The number of hydrogen-bond donors (Lipinski definition) is 3. The van der Waals surface area contributed by atoms with Crippen LogP contribution in [0, 0.1) is 17.6 Å². The number of hydrogen-bond acceptors (Lipinski definition) is 9. The lowest BCUT2D eigenvalue weighted by atomic mass is 9.91. The second-order valence-electron chi connectivity index (χ2n) is 14.3. The molecule has 2 unspecified atom stereocenters. The van der Waals surface area contributed by atoms with Gasteiger partial charge in [-0.05, 0) is 65.6 Å². The molecule has 4 aromatic rings. The molecule has 6 atom stereocenters. The number of piperazine rings is 1. The smallest absolute Gasteiger partial charge is 0.319 e. The maximum Gasteiger partial charge on any atom is 0.319 e. The summed E-state index contributed by atoms with van der Waals surface area (Å²) in [7, 11) is 0. The maximum absolute atomic E-state index is 17.2. The van der Waals surface area contributed by atoms with E-state index in [1.54, 1.807) is 6.07 Å². The van der Waals surface area contributed by atoms with Crippen molar-refractivity contribution in [1.29, 1.82) is 0 Å². The zero-order chi connectivity index (χ0) is 32.9. The molecule has 0 saturated carbocycles. The number of aromatic hydroxyl groups is 1. The van der Waals surface area contributed by atoms with Gasteiger partial charge in [-0.2, -0.15) is 9.97 Å². The number of phenols is 1. The van der Waals surface area contributed by atoms with Gasteiger partial charge < -0.3 is 29.9 Å². The number of aryl methyl sites for hydroxylation is 1. The summed E-state index contributed by atoms with van der Waals surface area (Å²) in [4.78, 5) is 13.5. The molecule has 9 rings (SSSR count). The highest BCUT2D eigenvalue weighted by Gasteiger charge is 2.53. The van der Waals surface area contributed by atoms with Crippen LogP contribution in [0.1, 0.15) is 38.2 Å². The Balaban J connectivity index is 1.24. The molecule has 0 radical (unpaired) electrons. The van der Waals surface area contributed by atoms with Crippen molar-refractivity contribution in [2.75, 3.05) is 44.4 Å². The standard InChI is InChI=1S/C36H38F3N5O4/c1-2-19-4-3-5-20-8-23(46)9-24(27(19)20)28-30(38)32-29-33(31(28)39)47-16-26-25-7-6-22(40-25)14-44(26)34(29)42-35(41-32)48-17-36-10-18(15-45)12-43(36)13-21(37)11-36/h3-5,8-9,18,21-22,25-26,40,45-46H,2,6-7,10-17H2,1H3/t18-,21+,22?,25?,26+,36-/m0/s1.